The molecule has 1 N–H and O–H groups in total. The van der Waals surface area contributed by atoms with Gasteiger partial charge in [-0.05, 0) is 87.9 Å². The van der Waals surface area contributed by atoms with Crippen molar-refractivity contribution in [1.29, 1.82) is 0 Å². The molecule has 0 unspecified atom stereocenters. The highest BCUT2D eigenvalue weighted by Gasteiger charge is 2.52. The topological polar surface area (TPSA) is 102 Å². The lowest BCUT2D eigenvalue weighted by atomic mass is 9.95. The van der Waals surface area contributed by atoms with Gasteiger partial charge in [0.25, 0.3) is 0 Å². The van der Waals surface area contributed by atoms with Crippen LogP contribution in [-0.2, 0) is 29.8 Å². The lowest BCUT2D eigenvalue weighted by Gasteiger charge is -2.30. The first-order valence-electron chi connectivity index (χ1n) is 12.5. The van der Waals surface area contributed by atoms with Crippen LogP contribution in [0.1, 0.15) is 50.7 Å². The number of nitrogens with zero attached hydrogens (tertiary/aromatic N) is 1. The summed E-state index contributed by atoms with van der Waals surface area (Å²) in [5.41, 5.74) is 1.79. The van der Waals surface area contributed by atoms with Crippen LogP contribution in [0.25, 0.3) is 0 Å². The molecule has 1 aliphatic heterocycles. The smallest absolute Gasteiger partial charge is 0.316 e. The molecule has 0 bridgehead atoms. The third-order valence-corrected chi connectivity index (χ3v) is 8.92. The summed E-state index contributed by atoms with van der Waals surface area (Å²) < 4.78 is 38.4. The lowest BCUT2D eigenvalue weighted by molar-refractivity contribution is -0.146. The van der Waals surface area contributed by atoms with Crippen LogP contribution in [0.2, 0.25) is 0 Å². The van der Waals surface area contributed by atoms with Gasteiger partial charge < -0.3 is 14.8 Å². The molecule has 0 atom stereocenters. The summed E-state index contributed by atoms with van der Waals surface area (Å²) in [6.45, 7) is 6.95. The highest BCUT2D eigenvalue weighted by atomic mass is 32.2. The summed E-state index contributed by atoms with van der Waals surface area (Å²) in [5.74, 6) is 0.0904. The standard InChI is InChI=1S/C27H34N2O6S/c1-4-34-24-11-10-23(18-19(24)3)36(32,33)29-16-12-20(13-17-29)25(30)28-22-8-6-21(7-9-22)27(14-15-27)26(31)35-5-2/h6-11,18,20H,4-5,12-17H2,1-3H3,(H,28,30). The first kappa shape index (κ1) is 26.2. The molecule has 2 aliphatic rings. The average molecular weight is 515 g/mol. The number of benzene rings is 2. The average Bonchev–Trinajstić information content (AvgIpc) is 3.68. The first-order chi connectivity index (χ1) is 17.2. The Balaban J connectivity index is 1.33. The van der Waals surface area contributed by atoms with Crippen LogP contribution in [0.3, 0.4) is 0 Å². The number of carbonyl (C=O) groups is 2. The molecule has 4 rings (SSSR count). The number of hydrogen-bond acceptors (Lipinski definition) is 6. The second-order valence-electron chi connectivity index (χ2n) is 9.41. The number of esters is 1. The van der Waals surface area contributed by atoms with Crippen molar-refractivity contribution in [3.05, 3.63) is 53.6 Å². The fourth-order valence-electron chi connectivity index (χ4n) is 4.73. The number of rotatable bonds is 9. The van der Waals surface area contributed by atoms with Gasteiger partial charge in [-0.1, -0.05) is 12.1 Å². The van der Waals surface area contributed by atoms with Crippen molar-refractivity contribution >= 4 is 27.6 Å². The molecule has 194 valence electrons. The number of carbonyl (C=O) groups excluding carboxylic acids is 2. The lowest BCUT2D eigenvalue weighted by Crippen LogP contribution is -2.41. The Morgan fingerprint density at radius 3 is 2.25 bits per heavy atom. The Hall–Kier alpha value is -2.91. The number of amides is 1. The summed E-state index contributed by atoms with van der Waals surface area (Å²) in [5, 5.41) is 2.94. The number of ether oxygens (including phenoxy) is 2. The predicted molar refractivity (Wildman–Crippen MR) is 136 cm³/mol. The Morgan fingerprint density at radius 2 is 1.69 bits per heavy atom. The zero-order chi connectivity index (χ0) is 25.9. The summed E-state index contributed by atoms with van der Waals surface area (Å²) in [4.78, 5) is 25.4. The van der Waals surface area contributed by atoms with Gasteiger partial charge in [0.05, 0.1) is 23.5 Å². The number of aryl methyl sites for hydroxylation is 1. The third kappa shape index (κ3) is 5.27. The molecule has 1 aliphatic carbocycles. The molecule has 2 fully saturated rings. The molecular weight excluding hydrogens is 480 g/mol. The Morgan fingerprint density at radius 1 is 1.03 bits per heavy atom. The van der Waals surface area contributed by atoms with Gasteiger partial charge in [0.15, 0.2) is 0 Å². The number of hydrogen-bond donors (Lipinski definition) is 1. The van der Waals surface area contributed by atoms with Crippen molar-refractivity contribution < 1.29 is 27.5 Å². The quantitative estimate of drug-likeness (QED) is 0.507. The monoisotopic (exact) mass is 514 g/mol. The van der Waals surface area contributed by atoms with E-state index in [-0.39, 0.29) is 35.8 Å². The molecule has 1 heterocycles. The van der Waals surface area contributed by atoms with E-state index >= 15 is 0 Å². The van der Waals surface area contributed by atoms with Crippen LogP contribution < -0.4 is 10.1 Å². The normalized spacial score (nSPS) is 17.9. The summed E-state index contributed by atoms with van der Waals surface area (Å²) in [6, 6.07) is 12.2. The zero-order valence-electron chi connectivity index (χ0n) is 21.1. The largest absolute Gasteiger partial charge is 0.494 e. The Labute approximate surface area is 213 Å². The van der Waals surface area contributed by atoms with Gasteiger partial charge in [0, 0.05) is 24.7 Å². The van der Waals surface area contributed by atoms with Crippen LogP contribution in [-0.4, -0.2) is 50.9 Å². The number of nitrogens with one attached hydrogen (secondary N) is 1. The highest BCUT2D eigenvalue weighted by Crippen LogP contribution is 2.49. The van der Waals surface area contributed by atoms with Crippen LogP contribution in [0, 0.1) is 12.8 Å². The van der Waals surface area contributed by atoms with Crippen molar-refractivity contribution in [3.8, 4) is 5.75 Å². The van der Waals surface area contributed by atoms with Crippen LogP contribution in [0.4, 0.5) is 5.69 Å². The van der Waals surface area contributed by atoms with Gasteiger partial charge in [-0.2, -0.15) is 4.31 Å². The van der Waals surface area contributed by atoms with Gasteiger partial charge in [0.2, 0.25) is 15.9 Å². The molecule has 1 saturated heterocycles. The predicted octanol–water partition coefficient (Wildman–Crippen LogP) is 4.03. The molecule has 2 aromatic carbocycles. The van der Waals surface area contributed by atoms with E-state index in [4.69, 9.17) is 9.47 Å². The maximum Gasteiger partial charge on any atom is 0.316 e. The van der Waals surface area contributed by atoms with E-state index in [9.17, 15) is 18.0 Å². The molecule has 9 heteroatoms. The molecule has 1 saturated carbocycles. The van der Waals surface area contributed by atoms with Gasteiger partial charge >= 0.3 is 5.97 Å². The van der Waals surface area contributed by atoms with E-state index < -0.39 is 15.4 Å². The molecule has 8 nitrogen and oxygen atoms in total. The van der Waals surface area contributed by atoms with Crippen LogP contribution >= 0.6 is 0 Å². The van der Waals surface area contributed by atoms with Crippen molar-refractivity contribution in [3.63, 3.8) is 0 Å². The van der Waals surface area contributed by atoms with E-state index in [0.29, 0.717) is 37.5 Å². The minimum Gasteiger partial charge on any atom is -0.494 e. The maximum atomic E-state index is 13.1. The Kier molecular flexibility index (Phi) is 7.70. The van der Waals surface area contributed by atoms with Gasteiger partial charge in [-0.25, -0.2) is 8.42 Å². The molecule has 36 heavy (non-hydrogen) atoms. The van der Waals surface area contributed by atoms with Gasteiger partial charge in [-0.3, -0.25) is 9.59 Å². The van der Waals surface area contributed by atoms with Crippen molar-refractivity contribution in [1.82, 2.24) is 4.31 Å². The molecule has 0 spiro atoms. The minimum atomic E-state index is -3.64. The van der Waals surface area contributed by atoms with Crippen molar-refractivity contribution in [2.24, 2.45) is 5.92 Å². The SMILES string of the molecule is CCOC(=O)C1(c2ccc(NC(=O)C3CCN(S(=O)(=O)c4ccc(OCC)c(C)c4)CC3)cc2)CC1. The third-order valence-electron chi connectivity index (χ3n) is 7.03. The molecule has 0 radical (unpaired) electrons. The van der Waals surface area contributed by atoms with E-state index in [0.717, 1.165) is 24.0 Å². The van der Waals surface area contributed by atoms with Crippen LogP contribution in [0.5, 0.6) is 5.75 Å². The molecular formula is C27H34N2O6S. The fraction of sp³-hybridized carbons (Fsp3) is 0.481. The van der Waals surface area contributed by atoms with Crippen LogP contribution in [0.15, 0.2) is 47.4 Å². The zero-order valence-corrected chi connectivity index (χ0v) is 21.9. The first-order valence-corrected chi connectivity index (χ1v) is 14.0. The van der Waals surface area contributed by atoms with E-state index in [1.165, 1.54) is 4.31 Å². The number of anilines is 1. The van der Waals surface area contributed by atoms with E-state index in [1.807, 2.05) is 26.0 Å². The molecule has 1 amide bonds. The number of piperidine rings is 1. The minimum absolute atomic E-state index is 0.122. The fourth-order valence-corrected chi connectivity index (χ4v) is 6.28. The summed E-state index contributed by atoms with van der Waals surface area (Å²) in [7, 11) is -3.64. The van der Waals surface area contributed by atoms with Gasteiger partial charge in [-0.15, -0.1) is 0 Å². The molecule has 0 aromatic heterocycles. The number of sulfonamides is 1. The van der Waals surface area contributed by atoms with E-state index in [2.05, 4.69) is 5.32 Å². The van der Waals surface area contributed by atoms with Crippen molar-refractivity contribution in [2.75, 3.05) is 31.6 Å². The maximum absolute atomic E-state index is 13.1. The van der Waals surface area contributed by atoms with Gasteiger partial charge in [0.1, 0.15) is 5.75 Å². The highest BCUT2D eigenvalue weighted by molar-refractivity contribution is 7.89. The van der Waals surface area contributed by atoms with E-state index in [1.54, 1.807) is 37.3 Å². The second-order valence-corrected chi connectivity index (χ2v) is 11.3. The van der Waals surface area contributed by atoms with Crippen molar-refractivity contribution in [2.45, 2.75) is 56.8 Å². The summed E-state index contributed by atoms with van der Waals surface area (Å²) >= 11 is 0. The molecule has 2 aromatic rings. The summed E-state index contributed by atoms with van der Waals surface area (Å²) in [6.07, 6.45) is 2.45. The Bertz CT molecular complexity index is 1210. The second kappa shape index (κ2) is 10.6.